The molecular formula is C4HBr2IN2. The SMILES string of the molecule is Brc1cc(Br)nc(I)n1. The zero-order valence-corrected chi connectivity index (χ0v) is 9.44. The molecule has 1 aromatic heterocycles. The third-order valence-electron chi connectivity index (χ3n) is 0.636. The Bertz CT molecular complexity index is 177. The molecule has 0 unspecified atom stereocenters. The molecular weight excluding hydrogens is 363 g/mol. The van der Waals surface area contributed by atoms with E-state index < -0.39 is 0 Å². The average molecular weight is 364 g/mol. The highest BCUT2D eigenvalue weighted by molar-refractivity contribution is 14.1. The first-order valence-electron chi connectivity index (χ1n) is 2.04. The lowest BCUT2D eigenvalue weighted by Gasteiger charge is -1.91. The predicted molar refractivity (Wildman–Crippen MR) is 50.1 cm³/mol. The second-order valence-corrected chi connectivity index (χ2v) is 3.87. The van der Waals surface area contributed by atoms with Gasteiger partial charge in [0.05, 0.1) is 0 Å². The summed E-state index contributed by atoms with van der Waals surface area (Å²) in [6, 6.07) is 1.79. The van der Waals surface area contributed by atoms with Gasteiger partial charge in [0.15, 0.2) is 3.83 Å². The summed E-state index contributed by atoms with van der Waals surface area (Å²) < 4.78 is 2.33. The van der Waals surface area contributed by atoms with Crippen LogP contribution in [-0.2, 0) is 0 Å². The largest absolute Gasteiger partial charge is 0.216 e. The van der Waals surface area contributed by atoms with Crippen LogP contribution in [0, 0.1) is 3.83 Å². The highest BCUT2D eigenvalue weighted by atomic mass is 127. The minimum atomic E-state index is 0.730. The summed E-state index contributed by atoms with van der Waals surface area (Å²) in [6.45, 7) is 0. The topological polar surface area (TPSA) is 25.8 Å². The molecule has 0 amide bonds. The van der Waals surface area contributed by atoms with Gasteiger partial charge in [0.1, 0.15) is 9.21 Å². The van der Waals surface area contributed by atoms with Crippen LogP contribution in [0.3, 0.4) is 0 Å². The first kappa shape index (κ1) is 7.87. The lowest BCUT2D eigenvalue weighted by atomic mass is 10.7. The molecule has 0 bridgehead atoms. The van der Waals surface area contributed by atoms with Crippen LogP contribution in [0.2, 0.25) is 0 Å². The van der Waals surface area contributed by atoms with E-state index in [0.29, 0.717) is 0 Å². The van der Waals surface area contributed by atoms with Crippen molar-refractivity contribution in [3.8, 4) is 0 Å². The summed E-state index contributed by atoms with van der Waals surface area (Å²) in [6.07, 6.45) is 0. The highest BCUT2D eigenvalue weighted by Crippen LogP contribution is 2.13. The van der Waals surface area contributed by atoms with Gasteiger partial charge >= 0.3 is 0 Å². The standard InChI is InChI=1S/C4HBr2IN2/c5-2-1-3(6)9-4(7)8-2/h1H. The maximum atomic E-state index is 4.00. The normalized spacial score (nSPS) is 9.67. The number of hydrogen-bond donors (Lipinski definition) is 0. The minimum Gasteiger partial charge on any atom is -0.216 e. The van der Waals surface area contributed by atoms with Crippen molar-refractivity contribution < 1.29 is 0 Å². The van der Waals surface area contributed by atoms with E-state index in [1.807, 2.05) is 22.6 Å². The quantitative estimate of drug-likeness (QED) is 0.402. The third-order valence-corrected chi connectivity index (χ3v) is 1.93. The van der Waals surface area contributed by atoms with Crippen LogP contribution in [0.15, 0.2) is 15.3 Å². The number of hydrogen-bond acceptors (Lipinski definition) is 2. The second kappa shape index (κ2) is 3.25. The Morgan fingerprint density at radius 3 is 2.00 bits per heavy atom. The number of rotatable bonds is 0. The maximum Gasteiger partial charge on any atom is 0.192 e. The second-order valence-electron chi connectivity index (χ2n) is 1.28. The summed E-state index contributed by atoms with van der Waals surface area (Å²) in [5.41, 5.74) is 0. The number of halogens is 3. The van der Waals surface area contributed by atoms with Crippen molar-refractivity contribution in [1.29, 1.82) is 0 Å². The van der Waals surface area contributed by atoms with E-state index in [4.69, 9.17) is 0 Å². The molecule has 0 aliphatic rings. The maximum absolute atomic E-state index is 4.00. The molecule has 0 atom stereocenters. The van der Waals surface area contributed by atoms with Crippen molar-refractivity contribution in [1.82, 2.24) is 9.97 Å². The summed E-state index contributed by atoms with van der Waals surface area (Å²) in [5, 5.41) is 0. The highest BCUT2D eigenvalue weighted by Gasteiger charge is 1.94. The molecule has 5 heteroatoms. The fourth-order valence-electron chi connectivity index (χ4n) is 0.364. The zero-order valence-electron chi connectivity index (χ0n) is 4.11. The Labute approximate surface area is 82.9 Å². The summed E-state index contributed by atoms with van der Waals surface area (Å²) in [7, 11) is 0. The first-order valence-corrected chi connectivity index (χ1v) is 4.70. The van der Waals surface area contributed by atoms with Gasteiger partial charge in [-0.25, -0.2) is 9.97 Å². The van der Waals surface area contributed by atoms with Crippen LogP contribution < -0.4 is 0 Å². The number of nitrogens with zero attached hydrogens (tertiary/aromatic N) is 2. The number of aromatic nitrogens is 2. The van der Waals surface area contributed by atoms with Gasteiger partial charge in [-0.2, -0.15) is 0 Å². The molecule has 0 saturated heterocycles. The van der Waals surface area contributed by atoms with Gasteiger partial charge in [-0.15, -0.1) is 0 Å². The fraction of sp³-hybridized carbons (Fsp3) is 0. The Morgan fingerprint density at radius 1 is 1.22 bits per heavy atom. The van der Waals surface area contributed by atoms with Crippen molar-refractivity contribution in [3.05, 3.63) is 19.1 Å². The van der Waals surface area contributed by atoms with Crippen LogP contribution >= 0.6 is 54.5 Å². The van der Waals surface area contributed by atoms with Crippen LogP contribution in [0.5, 0.6) is 0 Å². The summed E-state index contributed by atoms with van der Waals surface area (Å²) in [4.78, 5) is 7.99. The molecule has 1 rings (SSSR count). The zero-order chi connectivity index (χ0) is 6.85. The minimum absolute atomic E-state index is 0.730. The Kier molecular flexibility index (Phi) is 2.84. The van der Waals surface area contributed by atoms with Crippen molar-refractivity contribution >= 4 is 54.5 Å². The predicted octanol–water partition coefficient (Wildman–Crippen LogP) is 2.61. The van der Waals surface area contributed by atoms with Crippen LogP contribution in [0.4, 0.5) is 0 Å². The molecule has 0 aliphatic carbocycles. The fourth-order valence-corrected chi connectivity index (χ4v) is 2.62. The van der Waals surface area contributed by atoms with Gasteiger partial charge in [-0.1, -0.05) is 0 Å². The van der Waals surface area contributed by atoms with Gasteiger partial charge in [-0.3, -0.25) is 0 Å². The molecule has 2 nitrogen and oxygen atoms in total. The molecule has 0 fully saturated rings. The van der Waals surface area contributed by atoms with E-state index in [2.05, 4.69) is 41.8 Å². The molecule has 0 aliphatic heterocycles. The molecule has 0 N–H and O–H groups in total. The molecule has 0 saturated carbocycles. The van der Waals surface area contributed by atoms with Gasteiger partial charge in [0.2, 0.25) is 0 Å². The lowest BCUT2D eigenvalue weighted by molar-refractivity contribution is 1.06. The van der Waals surface area contributed by atoms with Crippen molar-refractivity contribution in [2.45, 2.75) is 0 Å². The molecule has 0 radical (unpaired) electrons. The van der Waals surface area contributed by atoms with Crippen molar-refractivity contribution in [2.24, 2.45) is 0 Å². The molecule has 48 valence electrons. The average Bonchev–Trinajstić information content (AvgIpc) is 1.59. The molecule has 9 heavy (non-hydrogen) atoms. The van der Waals surface area contributed by atoms with E-state index in [9.17, 15) is 0 Å². The van der Waals surface area contributed by atoms with E-state index in [-0.39, 0.29) is 0 Å². The molecule has 0 spiro atoms. The van der Waals surface area contributed by atoms with E-state index in [0.717, 1.165) is 13.0 Å². The smallest absolute Gasteiger partial charge is 0.192 e. The van der Waals surface area contributed by atoms with E-state index in [1.54, 1.807) is 6.07 Å². The molecule has 0 aromatic carbocycles. The Morgan fingerprint density at radius 2 is 1.67 bits per heavy atom. The van der Waals surface area contributed by atoms with Gasteiger partial charge < -0.3 is 0 Å². The van der Waals surface area contributed by atoms with Crippen molar-refractivity contribution in [3.63, 3.8) is 0 Å². The summed E-state index contributed by atoms with van der Waals surface area (Å²) >= 11 is 8.50. The van der Waals surface area contributed by atoms with Crippen LogP contribution in [0.25, 0.3) is 0 Å². The van der Waals surface area contributed by atoms with Crippen LogP contribution in [0.1, 0.15) is 0 Å². The van der Waals surface area contributed by atoms with Gasteiger partial charge in [0, 0.05) is 28.7 Å². The Balaban J connectivity index is 3.17. The molecule has 1 heterocycles. The third kappa shape index (κ3) is 2.46. The monoisotopic (exact) mass is 362 g/mol. The van der Waals surface area contributed by atoms with E-state index >= 15 is 0 Å². The van der Waals surface area contributed by atoms with Crippen LogP contribution in [-0.4, -0.2) is 9.97 Å². The first-order chi connectivity index (χ1) is 4.18. The van der Waals surface area contributed by atoms with E-state index in [1.165, 1.54) is 0 Å². The van der Waals surface area contributed by atoms with Gasteiger partial charge in [0.25, 0.3) is 0 Å². The summed E-state index contributed by atoms with van der Waals surface area (Å²) in [5.74, 6) is 0. The molecule has 1 aromatic rings. The lowest BCUT2D eigenvalue weighted by Crippen LogP contribution is -1.86. The van der Waals surface area contributed by atoms with Gasteiger partial charge in [-0.05, 0) is 31.9 Å². The van der Waals surface area contributed by atoms with Crippen molar-refractivity contribution in [2.75, 3.05) is 0 Å². The Hall–Kier alpha value is 0.770.